The summed E-state index contributed by atoms with van der Waals surface area (Å²) >= 11 is 0. The average Bonchev–Trinajstić information content (AvgIpc) is 2.74. The molecule has 0 saturated heterocycles. The Balaban J connectivity index is 2.37. The lowest BCUT2D eigenvalue weighted by Gasteiger charge is -1.99. The minimum Gasteiger partial charge on any atom is -0.478 e. The fourth-order valence-electron chi connectivity index (χ4n) is 1.70. The van der Waals surface area contributed by atoms with Gasteiger partial charge in [0, 0.05) is 19.4 Å². The van der Waals surface area contributed by atoms with Crippen molar-refractivity contribution in [2.24, 2.45) is 0 Å². The maximum atomic E-state index is 11.2. The lowest BCUT2D eigenvalue weighted by Crippen LogP contribution is -1.99. The maximum absolute atomic E-state index is 11.2. The molecule has 18 heavy (non-hydrogen) atoms. The van der Waals surface area contributed by atoms with Gasteiger partial charge >= 0.3 is 5.97 Å². The minimum atomic E-state index is -1.09. The number of ketones is 1. The number of Topliss-reactive ketones (excluding diaryl/α,β-unsaturated/α-hetero) is 1. The standard InChI is InChI=1S/C14H12O4/c1-9(15)12-8-11(14(16)17)13(18-12)7-10-5-3-2-4-6-10/h2-6,8H,7H2,1H3,(H,16,17). The summed E-state index contributed by atoms with van der Waals surface area (Å²) in [7, 11) is 0. The number of carboxylic acid groups (broad SMARTS) is 1. The summed E-state index contributed by atoms with van der Waals surface area (Å²) in [5, 5.41) is 9.07. The van der Waals surface area contributed by atoms with Crippen molar-refractivity contribution in [2.45, 2.75) is 13.3 Å². The molecule has 4 heteroatoms. The second kappa shape index (κ2) is 4.87. The van der Waals surface area contributed by atoms with Crippen LogP contribution in [0.1, 0.15) is 39.2 Å². The van der Waals surface area contributed by atoms with Crippen molar-refractivity contribution in [1.29, 1.82) is 0 Å². The van der Waals surface area contributed by atoms with E-state index in [-0.39, 0.29) is 17.1 Å². The highest BCUT2D eigenvalue weighted by Crippen LogP contribution is 2.19. The van der Waals surface area contributed by atoms with Gasteiger partial charge in [0.25, 0.3) is 0 Å². The number of carboxylic acids is 1. The number of hydrogen-bond donors (Lipinski definition) is 1. The number of benzene rings is 1. The fourth-order valence-corrected chi connectivity index (χ4v) is 1.70. The van der Waals surface area contributed by atoms with Gasteiger partial charge in [-0.1, -0.05) is 30.3 Å². The first-order valence-corrected chi connectivity index (χ1v) is 5.49. The van der Waals surface area contributed by atoms with Gasteiger partial charge in [0.15, 0.2) is 11.5 Å². The topological polar surface area (TPSA) is 67.5 Å². The van der Waals surface area contributed by atoms with Gasteiger partial charge in [-0.25, -0.2) is 4.79 Å². The monoisotopic (exact) mass is 244 g/mol. The quantitative estimate of drug-likeness (QED) is 0.840. The zero-order valence-corrected chi connectivity index (χ0v) is 9.84. The van der Waals surface area contributed by atoms with E-state index >= 15 is 0 Å². The van der Waals surface area contributed by atoms with Gasteiger partial charge in [0.1, 0.15) is 11.3 Å². The van der Waals surface area contributed by atoms with Crippen LogP contribution in [0.4, 0.5) is 0 Å². The van der Waals surface area contributed by atoms with Crippen LogP contribution in [-0.2, 0) is 6.42 Å². The molecule has 2 aromatic rings. The van der Waals surface area contributed by atoms with Crippen molar-refractivity contribution in [3.05, 3.63) is 59.0 Å². The van der Waals surface area contributed by atoms with Crippen LogP contribution in [0.15, 0.2) is 40.8 Å². The Kier molecular flexibility index (Phi) is 3.28. The molecular formula is C14H12O4. The van der Waals surface area contributed by atoms with Crippen molar-refractivity contribution >= 4 is 11.8 Å². The highest BCUT2D eigenvalue weighted by Gasteiger charge is 2.19. The molecule has 2 rings (SSSR count). The molecule has 1 aromatic heterocycles. The van der Waals surface area contributed by atoms with Crippen LogP contribution >= 0.6 is 0 Å². The Labute approximate surface area is 104 Å². The van der Waals surface area contributed by atoms with Gasteiger partial charge in [-0.15, -0.1) is 0 Å². The van der Waals surface area contributed by atoms with Gasteiger partial charge < -0.3 is 9.52 Å². The molecule has 0 radical (unpaired) electrons. The summed E-state index contributed by atoms with van der Waals surface area (Å²) < 4.78 is 5.31. The van der Waals surface area contributed by atoms with Crippen LogP contribution in [0.25, 0.3) is 0 Å². The number of carbonyl (C=O) groups excluding carboxylic acids is 1. The molecule has 92 valence electrons. The largest absolute Gasteiger partial charge is 0.478 e. The van der Waals surface area contributed by atoms with Crippen molar-refractivity contribution < 1.29 is 19.1 Å². The molecule has 0 atom stereocenters. The predicted octanol–water partition coefficient (Wildman–Crippen LogP) is 2.77. The normalized spacial score (nSPS) is 10.3. The third-order valence-corrected chi connectivity index (χ3v) is 2.59. The van der Waals surface area contributed by atoms with E-state index in [0.717, 1.165) is 5.56 Å². The van der Waals surface area contributed by atoms with Crippen molar-refractivity contribution in [2.75, 3.05) is 0 Å². The minimum absolute atomic E-state index is 0.0454. The highest BCUT2D eigenvalue weighted by molar-refractivity contribution is 5.96. The Hall–Kier alpha value is -2.36. The Morgan fingerprint density at radius 1 is 1.22 bits per heavy atom. The molecule has 0 amide bonds. The molecule has 0 aliphatic carbocycles. The molecular weight excluding hydrogens is 232 g/mol. The molecule has 0 aliphatic rings. The number of hydrogen-bond acceptors (Lipinski definition) is 3. The molecule has 0 spiro atoms. The molecule has 0 bridgehead atoms. The summed E-state index contributed by atoms with van der Waals surface area (Å²) in [4.78, 5) is 22.3. The Morgan fingerprint density at radius 3 is 2.44 bits per heavy atom. The van der Waals surface area contributed by atoms with Crippen molar-refractivity contribution in [1.82, 2.24) is 0 Å². The predicted molar refractivity (Wildman–Crippen MR) is 64.9 cm³/mol. The van der Waals surface area contributed by atoms with E-state index in [4.69, 9.17) is 9.52 Å². The number of carbonyl (C=O) groups is 2. The number of aromatic carboxylic acids is 1. The molecule has 0 saturated carbocycles. The van der Waals surface area contributed by atoms with Crippen LogP contribution in [0.5, 0.6) is 0 Å². The Bertz CT molecular complexity index is 581. The van der Waals surface area contributed by atoms with Crippen LogP contribution in [0.3, 0.4) is 0 Å². The second-order valence-electron chi connectivity index (χ2n) is 3.97. The SMILES string of the molecule is CC(=O)c1cc(C(=O)O)c(Cc2ccccc2)o1. The van der Waals surface area contributed by atoms with E-state index in [9.17, 15) is 9.59 Å². The first kappa shape index (κ1) is 12.1. The first-order valence-electron chi connectivity index (χ1n) is 5.49. The second-order valence-corrected chi connectivity index (χ2v) is 3.97. The summed E-state index contributed by atoms with van der Waals surface area (Å²) in [5.41, 5.74) is 0.980. The third-order valence-electron chi connectivity index (χ3n) is 2.59. The van der Waals surface area contributed by atoms with E-state index in [1.807, 2.05) is 30.3 Å². The molecule has 4 nitrogen and oxygen atoms in total. The van der Waals surface area contributed by atoms with Crippen LogP contribution in [-0.4, -0.2) is 16.9 Å². The van der Waals surface area contributed by atoms with Crippen molar-refractivity contribution in [3.8, 4) is 0 Å². The molecule has 1 aromatic carbocycles. The maximum Gasteiger partial charge on any atom is 0.339 e. The highest BCUT2D eigenvalue weighted by atomic mass is 16.4. The summed E-state index contributed by atoms with van der Waals surface area (Å²) in [6.45, 7) is 1.34. The van der Waals surface area contributed by atoms with Gasteiger partial charge in [-0.2, -0.15) is 0 Å². The number of rotatable bonds is 4. The van der Waals surface area contributed by atoms with E-state index in [2.05, 4.69) is 0 Å². The first-order chi connectivity index (χ1) is 8.58. The van der Waals surface area contributed by atoms with E-state index < -0.39 is 5.97 Å². The zero-order chi connectivity index (χ0) is 13.1. The van der Waals surface area contributed by atoms with Crippen LogP contribution in [0.2, 0.25) is 0 Å². The smallest absolute Gasteiger partial charge is 0.339 e. The average molecular weight is 244 g/mol. The van der Waals surface area contributed by atoms with Crippen molar-refractivity contribution in [3.63, 3.8) is 0 Å². The summed E-state index contributed by atoms with van der Waals surface area (Å²) in [6.07, 6.45) is 0.357. The zero-order valence-electron chi connectivity index (χ0n) is 9.84. The molecule has 0 aliphatic heterocycles. The molecule has 1 N–H and O–H groups in total. The van der Waals surface area contributed by atoms with Gasteiger partial charge in [-0.3, -0.25) is 4.79 Å². The van der Waals surface area contributed by atoms with E-state index in [0.29, 0.717) is 12.2 Å². The van der Waals surface area contributed by atoms with Gasteiger partial charge in [-0.05, 0) is 5.56 Å². The van der Waals surface area contributed by atoms with Gasteiger partial charge in [0.05, 0.1) is 0 Å². The number of furan rings is 1. The molecule has 0 unspecified atom stereocenters. The van der Waals surface area contributed by atoms with E-state index in [1.165, 1.54) is 13.0 Å². The lowest BCUT2D eigenvalue weighted by atomic mass is 10.1. The summed E-state index contributed by atoms with van der Waals surface area (Å²) in [6, 6.07) is 10.6. The van der Waals surface area contributed by atoms with Crippen LogP contribution < -0.4 is 0 Å². The lowest BCUT2D eigenvalue weighted by molar-refractivity contribution is 0.0694. The van der Waals surface area contributed by atoms with E-state index in [1.54, 1.807) is 0 Å². The Morgan fingerprint density at radius 2 is 1.89 bits per heavy atom. The van der Waals surface area contributed by atoms with Gasteiger partial charge in [0.2, 0.25) is 0 Å². The molecule has 0 fully saturated rings. The van der Waals surface area contributed by atoms with Crippen LogP contribution in [0, 0.1) is 0 Å². The fraction of sp³-hybridized carbons (Fsp3) is 0.143. The molecule has 1 heterocycles. The summed E-state index contributed by atoms with van der Waals surface area (Å²) in [5.74, 6) is -0.980. The third kappa shape index (κ3) is 2.48.